The molecule has 0 saturated heterocycles. The summed E-state index contributed by atoms with van der Waals surface area (Å²) < 4.78 is 5.63. The van der Waals surface area contributed by atoms with Crippen molar-refractivity contribution in [1.82, 2.24) is 0 Å². The molecule has 1 aromatic rings. The average molecular weight is 353 g/mol. The van der Waals surface area contributed by atoms with Gasteiger partial charge in [0.2, 0.25) is 0 Å². The molecule has 138 valence electrons. The van der Waals surface area contributed by atoms with Crippen molar-refractivity contribution in [3.05, 3.63) is 29.8 Å². The topological polar surface area (TPSA) is 46.6 Å². The third-order valence-corrected chi connectivity index (χ3v) is 7.27. The van der Waals surface area contributed by atoms with Gasteiger partial charge in [0.05, 0.1) is 5.41 Å². The number of nitrogens with zero attached hydrogens (tertiary/aromatic N) is 1. The number of fused-ring (bicyclic) bond motifs is 1. The lowest BCUT2D eigenvalue weighted by atomic mass is 9.49. The number of rotatable bonds is 3. The molecule has 26 heavy (non-hydrogen) atoms. The number of ether oxygens (including phenoxy) is 1. The van der Waals surface area contributed by atoms with Crippen molar-refractivity contribution in [2.45, 2.75) is 57.9 Å². The van der Waals surface area contributed by atoms with Crippen molar-refractivity contribution in [2.75, 3.05) is 11.5 Å². The minimum atomic E-state index is -0.288. The molecule has 4 heteroatoms. The number of anilines is 1. The molecule has 4 bridgehead atoms. The molecule has 0 N–H and O–H groups in total. The van der Waals surface area contributed by atoms with E-state index in [2.05, 4.69) is 13.0 Å². The van der Waals surface area contributed by atoms with Gasteiger partial charge in [-0.15, -0.1) is 0 Å². The predicted octanol–water partition coefficient (Wildman–Crippen LogP) is 3.72. The molecule has 4 fully saturated rings. The maximum atomic E-state index is 13.0. The molecule has 5 aliphatic rings. The van der Waals surface area contributed by atoms with Crippen LogP contribution in [-0.4, -0.2) is 24.5 Å². The SMILES string of the molecule is C[C@H]1Cc2ccccc2N1C(=O)COC(=O)C12CC3CC(CC(C3)C1)C2. The van der Waals surface area contributed by atoms with Gasteiger partial charge >= 0.3 is 5.97 Å². The number of esters is 1. The van der Waals surface area contributed by atoms with Crippen LogP contribution in [0.15, 0.2) is 24.3 Å². The highest BCUT2D eigenvalue weighted by Gasteiger charge is 2.55. The fourth-order valence-electron chi connectivity index (χ4n) is 6.66. The fourth-order valence-corrected chi connectivity index (χ4v) is 6.66. The van der Waals surface area contributed by atoms with Crippen molar-refractivity contribution in [1.29, 1.82) is 0 Å². The molecule has 0 unspecified atom stereocenters. The molecule has 1 atom stereocenters. The molecule has 1 aromatic carbocycles. The highest BCUT2D eigenvalue weighted by atomic mass is 16.5. The molecule has 0 radical (unpaired) electrons. The molecule has 1 heterocycles. The van der Waals surface area contributed by atoms with Gasteiger partial charge in [-0.2, -0.15) is 0 Å². The van der Waals surface area contributed by atoms with Crippen LogP contribution in [0.1, 0.15) is 51.0 Å². The molecule has 6 rings (SSSR count). The zero-order valence-corrected chi connectivity index (χ0v) is 15.4. The number of carbonyl (C=O) groups is 2. The molecular weight excluding hydrogens is 326 g/mol. The van der Waals surface area contributed by atoms with Gasteiger partial charge in [-0.25, -0.2) is 0 Å². The highest BCUT2D eigenvalue weighted by Crippen LogP contribution is 2.60. The van der Waals surface area contributed by atoms with E-state index in [1.165, 1.54) is 24.8 Å². The first kappa shape index (κ1) is 16.3. The third kappa shape index (κ3) is 2.49. The average Bonchev–Trinajstić information content (AvgIpc) is 2.94. The minimum absolute atomic E-state index is 0.0967. The van der Waals surface area contributed by atoms with Crippen LogP contribution in [0.25, 0.3) is 0 Å². The predicted molar refractivity (Wildman–Crippen MR) is 98.7 cm³/mol. The normalized spacial score (nSPS) is 36.9. The molecule has 0 spiro atoms. The largest absolute Gasteiger partial charge is 0.455 e. The monoisotopic (exact) mass is 353 g/mol. The second-order valence-corrected chi connectivity index (χ2v) is 9.22. The van der Waals surface area contributed by atoms with E-state index in [1.54, 1.807) is 0 Å². The van der Waals surface area contributed by atoms with Crippen LogP contribution in [0.2, 0.25) is 0 Å². The Kier molecular flexibility index (Phi) is 3.67. The minimum Gasteiger partial charge on any atom is -0.455 e. The smallest absolute Gasteiger partial charge is 0.312 e. The summed E-state index contributed by atoms with van der Waals surface area (Å²) in [5.41, 5.74) is 1.88. The Hall–Kier alpha value is -1.84. The molecular formula is C22H27NO3. The second kappa shape index (κ2) is 5.83. The van der Waals surface area contributed by atoms with E-state index in [0.717, 1.165) is 31.4 Å². The lowest BCUT2D eigenvalue weighted by Crippen LogP contribution is -2.51. The van der Waals surface area contributed by atoms with Crippen molar-refractivity contribution in [3.63, 3.8) is 0 Å². The van der Waals surface area contributed by atoms with Gasteiger partial charge < -0.3 is 9.64 Å². The molecule has 4 nitrogen and oxygen atoms in total. The van der Waals surface area contributed by atoms with Crippen LogP contribution in [0.5, 0.6) is 0 Å². The third-order valence-electron chi connectivity index (χ3n) is 7.27. The molecule has 1 aliphatic heterocycles. The lowest BCUT2D eigenvalue weighted by molar-refractivity contribution is -0.172. The van der Waals surface area contributed by atoms with E-state index in [0.29, 0.717) is 17.8 Å². The van der Waals surface area contributed by atoms with Crippen LogP contribution in [0.4, 0.5) is 5.69 Å². The van der Waals surface area contributed by atoms with E-state index in [9.17, 15) is 9.59 Å². The van der Waals surface area contributed by atoms with Gasteiger partial charge in [-0.05, 0) is 81.3 Å². The highest BCUT2D eigenvalue weighted by molar-refractivity contribution is 5.98. The van der Waals surface area contributed by atoms with E-state index in [-0.39, 0.29) is 29.9 Å². The summed E-state index contributed by atoms with van der Waals surface area (Å²) in [5.74, 6) is 1.91. The van der Waals surface area contributed by atoms with Crippen LogP contribution in [0, 0.1) is 23.2 Å². The lowest BCUT2D eigenvalue weighted by Gasteiger charge is -2.55. The Labute approximate surface area is 154 Å². The zero-order valence-electron chi connectivity index (χ0n) is 15.4. The maximum Gasteiger partial charge on any atom is 0.312 e. The number of amides is 1. The van der Waals surface area contributed by atoms with Crippen molar-refractivity contribution in [2.24, 2.45) is 23.2 Å². The van der Waals surface area contributed by atoms with E-state index >= 15 is 0 Å². The number of hydrogen-bond acceptors (Lipinski definition) is 3. The Morgan fingerprint density at radius 3 is 2.35 bits per heavy atom. The Morgan fingerprint density at radius 1 is 1.08 bits per heavy atom. The summed E-state index contributed by atoms with van der Waals surface area (Å²) >= 11 is 0. The summed E-state index contributed by atoms with van der Waals surface area (Å²) in [7, 11) is 0. The molecule has 1 amide bonds. The Bertz CT molecular complexity index is 720. The first-order chi connectivity index (χ1) is 12.5. The zero-order chi connectivity index (χ0) is 17.9. The van der Waals surface area contributed by atoms with Gasteiger partial charge in [0.1, 0.15) is 0 Å². The second-order valence-electron chi connectivity index (χ2n) is 9.22. The van der Waals surface area contributed by atoms with Gasteiger partial charge in [-0.1, -0.05) is 18.2 Å². The number of carbonyl (C=O) groups excluding carboxylic acids is 2. The van der Waals surface area contributed by atoms with E-state index in [1.807, 2.05) is 23.1 Å². The Morgan fingerprint density at radius 2 is 1.69 bits per heavy atom. The van der Waals surface area contributed by atoms with Gasteiger partial charge in [0.15, 0.2) is 6.61 Å². The van der Waals surface area contributed by atoms with Gasteiger partial charge in [0, 0.05) is 11.7 Å². The standard InChI is InChI=1S/C22H27NO3/c1-14-6-18-4-2-3-5-19(18)23(14)20(24)13-26-21(25)22-10-15-7-16(11-22)9-17(8-15)12-22/h2-5,14-17H,6-13H2,1H3/t14-,15?,16?,17?,22?/m0/s1. The first-order valence-corrected chi connectivity index (χ1v) is 10.1. The van der Waals surface area contributed by atoms with E-state index < -0.39 is 0 Å². The van der Waals surface area contributed by atoms with E-state index in [4.69, 9.17) is 4.74 Å². The van der Waals surface area contributed by atoms with Crippen LogP contribution in [0.3, 0.4) is 0 Å². The maximum absolute atomic E-state index is 13.0. The van der Waals surface area contributed by atoms with Gasteiger partial charge in [-0.3, -0.25) is 9.59 Å². The van der Waals surface area contributed by atoms with Crippen LogP contribution in [-0.2, 0) is 20.7 Å². The van der Waals surface area contributed by atoms with Crippen LogP contribution >= 0.6 is 0 Å². The fraction of sp³-hybridized carbons (Fsp3) is 0.636. The van der Waals surface area contributed by atoms with Crippen molar-refractivity contribution in [3.8, 4) is 0 Å². The number of hydrogen-bond donors (Lipinski definition) is 0. The summed E-state index contributed by atoms with van der Waals surface area (Å²) in [6, 6.07) is 8.14. The van der Waals surface area contributed by atoms with Crippen molar-refractivity contribution >= 4 is 17.6 Å². The van der Waals surface area contributed by atoms with Crippen molar-refractivity contribution < 1.29 is 14.3 Å². The molecule has 4 aliphatic carbocycles. The summed E-state index contributed by atoms with van der Waals surface area (Å²) in [6.45, 7) is 1.93. The quantitative estimate of drug-likeness (QED) is 0.778. The Balaban J connectivity index is 1.27. The summed E-state index contributed by atoms with van der Waals surface area (Å²) in [6.07, 6.45) is 7.71. The number of para-hydroxylation sites is 1. The number of benzene rings is 1. The molecule has 0 aromatic heterocycles. The van der Waals surface area contributed by atoms with Crippen LogP contribution < -0.4 is 4.90 Å². The summed E-state index contributed by atoms with van der Waals surface area (Å²) in [5, 5.41) is 0. The molecule has 4 saturated carbocycles. The first-order valence-electron chi connectivity index (χ1n) is 10.1. The van der Waals surface area contributed by atoms with Gasteiger partial charge in [0.25, 0.3) is 5.91 Å². The summed E-state index contributed by atoms with van der Waals surface area (Å²) in [4.78, 5) is 27.6.